The minimum absolute atomic E-state index is 0.0293. The van der Waals surface area contributed by atoms with Gasteiger partial charge >= 0.3 is 5.97 Å². The van der Waals surface area contributed by atoms with Crippen LogP contribution >= 0.6 is 0 Å². The molecule has 2 rings (SSSR count). The molecule has 1 aliphatic heterocycles. The number of piperidine rings is 1. The Morgan fingerprint density at radius 2 is 2.16 bits per heavy atom. The molecule has 0 aromatic carbocycles. The van der Waals surface area contributed by atoms with Gasteiger partial charge in [0.25, 0.3) is 5.91 Å². The van der Waals surface area contributed by atoms with Crippen molar-refractivity contribution in [3.8, 4) is 0 Å². The molecule has 1 fully saturated rings. The molecule has 5 nitrogen and oxygen atoms in total. The highest BCUT2D eigenvalue weighted by Gasteiger charge is 2.30. The van der Waals surface area contributed by atoms with Crippen LogP contribution in [0.15, 0.2) is 18.3 Å². The van der Waals surface area contributed by atoms with E-state index >= 15 is 0 Å². The predicted octanol–water partition coefficient (Wildman–Crippen LogP) is 2.04. The molecule has 1 amide bonds. The number of aromatic carboxylic acids is 1. The molecule has 102 valence electrons. The zero-order chi connectivity index (χ0) is 14.0. The molecule has 0 bridgehead atoms. The van der Waals surface area contributed by atoms with Crippen LogP contribution in [0.2, 0.25) is 0 Å². The van der Waals surface area contributed by atoms with Gasteiger partial charge in [0, 0.05) is 18.8 Å². The number of hydrogen-bond donors (Lipinski definition) is 1. The second-order valence-corrected chi connectivity index (χ2v) is 5.18. The summed E-state index contributed by atoms with van der Waals surface area (Å²) in [7, 11) is 0. The van der Waals surface area contributed by atoms with Crippen LogP contribution in [0, 0.1) is 5.92 Å². The first-order valence-corrected chi connectivity index (χ1v) is 6.50. The Balaban J connectivity index is 2.27. The van der Waals surface area contributed by atoms with E-state index in [-0.39, 0.29) is 23.2 Å². The Morgan fingerprint density at radius 3 is 2.79 bits per heavy atom. The first kappa shape index (κ1) is 13.5. The van der Waals surface area contributed by atoms with E-state index in [0.29, 0.717) is 12.5 Å². The van der Waals surface area contributed by atoms with Crippen molar-refractivity contribution < 1.29 is 14.7 Å². The predicted molar refractivity (Wildman–Crippen MR) is 70.1 cm³/mol. The number of carbonyl (C=O) groups excluding carboxylic acids is 1. The number of carbonyl (C=O) groups is 2. The maximum atomic E-state index is 12.4. The smallest absolute Gasteiger partial charge is 0.338 e. The highest BCUT2D eigenvalue weighted by Crippen LogP contribution is 2.24. The average Bonchev–Trinajstić information content (AvgIpc) is 2.38. The van der Waals surface area contributed by atoms with Gasteiger partial charge in [0.15, 0.2) is 0 Å². The highest BCUT2D eigenvalue weighted by atomic mass is 16.4. The summed E-state index contributed by atoms with van der Waals surface area (Å²) in [5, 5.41) is 9.11. The molecule has 2 unspecified atom stereocenters. The van der Waals surface area contributed by atoms with Crippen LogP contribution < -0.4 is 0 Å². The Labute approximate surface area is 112 Å². The minimum atomic E-state index is -1.12. The van der Waals surface area contributed by atoms with Crippen LogP contribution in [-0.2, 0) is 0 Å². The molecular weight excluding hydrogens is 244 g/mol. The van der Waals surface area contributed by atoms with E-state index in [1.165, 1.54) is 18.3 Å². The molecule has 19 heavy (non-hydrogen) atoms. The lowest BCUT2D eigenvalue weighted by Crippen LogP contribution is -2.44. The standard InChI is InChI=1S/C14H18N2O3/c1-9-5-7-16(10(2)8-9)13(17)12-11(14(18)19)4-3-6-15-12/h3-4,6,9-10H,5,7-8H2,1-2H3,(H,18,19). The van der Waals surface area contributed by atoms with Crippen molar-refractivity contribution in [3.63, 3.8) is 0 Å². The van der Waals surface area contributed by atoms with E-state index in [2.05, 4.69) is 11.9 Å². The first-order chi connectivity index (χ1) is 9.00. The fourth-order valence-corrected chi connectivity index (χ4v) is 2.59. The lowest BCUT2D eigenvalue weighted by Gasteiger charge is -2.36. The van der Waals surface area contributed by atoms with E-state index in [1.807, 2.05) is 6.92 Å². The molecule has 0 radical (unpaired) electrons. The number of rotatable bonds is 2. The Hall–Kier alpha value is -1.91. The largest absolute Gasteiger partial charge is 0.478 e. The van der Waals surface area contributed by atoms with E-state index in [1.54, 1.807) is 4.90 Å². The lowest BCUT2D eigenvalue weighted by atomic mass is 9.93. The SMILES string of the molecule is CC1CCN(C(=O)c2ncccc2C(=O)O)C(C)C1. The fourth-order valence-electron chi connectivity index (χ4n) is 2.59. The second kappa shape index (κ2) is 5.38. The van der Waals surface area contributed by atoms with Crippen molar-refractivity contribution in [1.29, 1.82) is 0 Å². The number of carboxylic acids is 1. The number of nitrogens with zero attached hydrogens (tertiary/aromatic N) is 2. The minimum Gasteiger partial charge on any atom is -0.478 e. The van der Waals surface area contributed by atoms with Crippen LogP contribution in [0.1, 0.15) is 47.5 Å². The van der Waals surface area contributed by atoms with Gasteiger partial charge in [0.2, 0.25) is 0 Å². The third kappa shape index (κ3) is 2.75. The summed E-state index contributed by atoms with van der Waals surface area (Å²) < 4.78 is 0. The third-order valence-electron chi connectivity index (χ3n) is 3.64. The molecule has 1 aliphatic rings. The van der Waals surface area contributed by atoms with Gasteiger partial charge in [-0.2, -0.15) is 0 Å². The molecular formula is C14H18N2O3. The normalized spacial score (nSPS) is 23.2. The number of likely N-dealkylation sites (tertiary alicyclic amines) is 1. The van der Waals surface area contributed by atoms with Gasteiger partial charge in [-0.3, -0.25) is 9.78 Å². The highest BCUT2D eigenvalue weighted by molar-refractivity contribution is 6.03. The van der Waals surface area contributed by atoms with Crippen molar-refractivity contribution in [3.05, 3.63) is 29.6 Å². The third-order valence-corrected chi connectivity index (χ3v) is 3.64. The van der Waals surface area contributed by atoms with Crippen molar-refractivity contribution in [1.82, 2.24) is 9.88 Å². The summed E-state index contributed by atoms with van der Waals surface area (Å²) >= 11 is 0. The molecule has 1 aromatic rings. The van der Waals surface area contributed by atoms with E-state index in [9.17, 15) is 9.59 Å². The van der Waals surface area contributed by atoms with Gasteiger partial charge in [-0.25, -0.2) is 4.79 Å². The van der Waals surface area contributed by atoms with Gasteiger partial charge in [0.1, 0.15) is 5.69 Å². The van der Waals surface area contributed by atoms with Crippen LogP contribution in [0.5, 0.6) is 0 Å². The van der Waals surface area contributed by atoms with E-state index in [4.69, 9.17) is 5.11 Å². The molecule has 0 spiro atoms. The maximum Gasteiger partial charge on any atom is 0.338 e. The zero-order valence-corrected chi connectivity index (χ0v) is 11.2. The summed E-state index contributed by atoms with van der Waals surface area (Å²) in [4.78, 5) is 29.3. The molecule has 0 aliphatic carbocycles. The van der Waals surface area contributed by atoms with Gasteiger partial charge in [-0.15, -0.1) is 0 Å². The summed E-state index contributed by atoms with van der Waals surface area (Å²) in [5.74, 6) is -0.798. The molecule has 5 heteroatoms. The Morgan fingerprint density at radius 1 is 1.42 bits per heavy atom. The van der Waals surface area contributed by atoms with Crippen molar-refractivity contribution in [2.75, 3.05) is 6.54 Å². The summed E-state index contributed by atoms with van der Waals surface area (Å²) in [6, 6.07) is 3.07. The number of carboxylic acid groups (broad SMARTS) is 1. The van der Waals surface area contributed by atoms with Crippen LogP contribution in [0.4, 0.5) is 0 Å². The summed E-state index contributed by atoms with van der Waals surface area (Å²) in [6.45, 7) is 4.83. The number of pyridine rings is 1. The number of amides is 1. The van der Waals surface area contributed by atoms with Gasteiger partial charge in [-0.05, 0) is 37.8 Å². The molecule has 2 atom stereocenters. The van der Waals surface area contributed by atoms with E-state index in [0.717, 1.165) is 12.8 Å². The van der Waals surface area contributed by atoms with Crippen LogP contribution in [0.25, 0.3) is 0 Å². The Bertz CT molecular complexity index is 501. The molecule has 2 heterocycles. The lowest BCUT2D eigenvalue weighted by molar-refractivity contribution is 0.0567. The fraction of sp³-hybridized carbons (Fsp3) is 0.500. The van der Waals surface area contributed by atoms with Gasteiger partial charge < -0.3 is 10.0 Å². The van der Waals surface area contributed by atoms with Crippen LogP contribution in [-0.4, -0.2) is 39.5 Å². The van der Waals surface area contributed by atoms with E-state index < -0.39 is 5.97 Å². The second-order valence-electron chi connectivity index (χ2n) is 5.18. The topological polar surface area (TPSA) is 70.5 Å². The van der Waals surface area contributed by atoms with Crippen LogP contribution in [0.3, 0.4) is 0 Å². The molecule has 1 N–H and O–H groups in total. The van der Waals surface area contributed by atoms with Crippen molar-refractivity contribution in [2.45, 2.75) is 32.7 Å². The Kier molecular flexibility index (Phi) is 3.83. The van der Waals surface area contributed by atoms with Gasteiger partial charge in [-0.1, -0.05) is 6.92 Å². The molecule has 0 saturated carbocycles. The number of aromatic nitrogens is 1. The zero-order valence-electron chi connectivity index (χ0n) is 11.2. The quantitative estimate of drug-likeness (QED) is 0.885. The summed E-state index contributed by atoms with van der Waals surface area (Å²) in [6.07, 6.45) is 3.35. The molecule has 1 aromatic heterocycles. The maximum absolute atomic E-state index is 12.4. The number of hydrogen-bond acceptors (Lipinski definition) is 3. The summed E-state index contributed by atoms with van der Waals surface area (Å²) in [5.41, 5.74) is 0.00900. The molecule has 1 saturated heterocycles. The first-order valence-electron chi connectivity index (χ1n) is 6.50. The van der Waals surface area contributed by atoms with Crippen molar-refractivity contribution in [2.24, 2.45) is 5.92 Å². The van der Waals surface area contributed by atoms with Crippen molar-refractivity contribution >= 4 is 11.9 Å². The average molecular weight is 262 g/mol. The monoisotopic (exact) mass is 262 g/mol. The van der Waals surface area contributed by atoms with Gasteiger partial charge in [0.05, 0.1) is 5.56 Å².